The highest BCUT2D eigenvalue weighted by molar-refractivity contribution is 5.94. The van der Waals surface area contributed by atoms with E-state index in [1.54, 1.807) is 0 Å². The molecule has 0 aromatic carbocycles. The van der Waals surface area contributed by atoms with Crippen molar-refractivity contribution in [3.63, 3.8) is 0 Å². The summed E-state index contributed by atoms with van der Waals surface area (Å²) >= 11 is 0. The summed E-state index contributed by atoms with van der Waals surface area (Å²) < 4.78 is 6.59. The zero-order valence-electron chi connectivity index (χ0n) is 16.0. The molecule has 3 nitrogen and oxygen atoms in total. The monoisotopic (exact) mass is 355 g/mol. The molecule has 26 heavy (non-hydrogen) atoms. The van der Waals surface area contributed by atoms with Crippen LogP contribution in [0.1, 0.15) is 58.3 Å². The van der Waals surface area contributed by atoms with Crippen LogP contribution in [-0.2, 0) is 4.74 Å². The van der Waals surface area contributed by atoms with Crippen LogP contribution in [0.25, 0.3) is 0 Å². The average Bonchev–Trinajstić information content (AvgIpc) is 3.19. The molecule has 1 aliphatic heterocycles. The maximum absolute atomic E-state index is 10.2. The lowest BCUT2D eigenvalue weighted by atomic mass is 9.47. The molecule has 4 saturated carbocycles. The topological polar surface area (TPSA) is 53.3 Å². The van der Waals surface area contributed by atoms with Crippen molar-refractivity contribution in [2.24, 2.45) is 46.8 Å². The highest BCUT2D eigenvalue weighted by atomic mass is 16.5. The summed E-state index contributed by atoms with van der Waals surface area (Å²) in [6, 6.07) is 0. The Bertz CT molecular complexity index is 678. The Hall–Kier alpha value is -0.670. The number of allylic oxidation sites excluding steroid dienone is 1. The molecule has 1 heterocycles. The molecule has 0 aromatic heterocycles. The minimum atomic E-state index is 0.201. The van der Waals surface area contributed by atoms with Crippen LogP contribution in [0.4, 0.5) is 0 Å². The van der Waals surface area contributed by atoms with Gasteiger partial charge < -0.3 is 15.3 Å². The normalized spacial score (nSPS) is 57.2. The van der Waals surface area contributed by atoms with Crippen molar-refractivity contribution in [2.75, 3.05) is 13.2 Å². The molecule has 2 N–H and O–H groups in total. The SMILES string of the molecule is C[C@]12CCC3C(CC(CO)C4=CC(=N)CC[C@@H]43)C1C1CC1[C@@]21CCCO1. The molecule has 3 heteroatoms. The highest BCUT2D eigenvalue weighted by Gasteiger charge is 2.77. The number of hydrogen-bond donors (Lipinski definition) is 2. The zero-order valence-corrected chi connectivity index (χ0v) is 16.0. The van der Waals surface area contributed by atoms with E-state index in [-0.39, 0.29) is 12.2 Å². The van der Waals surface area contributed by atoms with Crippen molar-refractivity contribution in [2.45, 2.75) is 63.9 Å². The number of aliphatic hydroxyl groups is 1. The molecule has 9 atom stereocenters. The molecular weight excluding hydrogens is 322 g/mol. The van der Waals surface area contributed by atoms with Gasteiger partial charge in [-0.25, -0.2) is 0 Å². The smallest absolute Gasteiger partial charge is 0.0770 e. The number of ether oxygens (including phenoxy) is 1. The number of hydrogen-bond acceptors (Lipinski definition) is 3. The molecule has 0 amide bonds. The van der Waals surface area contributed by atoms with E-state index in [1.165, 1.54) is 37.7 Å². The minimum Gasteiger partial charge on any atom is -0.396 e. The fourth-order valence-corrected chi connectivity index (χ4v) is 9.05. The molecule has 5 aliphatic carbocycles. The Morgan fingerprint density at radius 1 is 1.19 bits per heavy atom. The summed E-state index contributed by atoms with van der Waals surface area (Å²) in [6.45, 7) is 3.84. The van der Waals surface area contributed by atoms with Crippen molar-refractivity contribution in [1.82, 2.24) is 0 Å². The Morgan fingerprint density at radius 3 is 2.85 bits per heavy atom. The molecule has 0 radical (unpaired) electrons. The number of fused-ring (bicyclic) bond motifs is 9. The van der Waals surface area contributed by atoms with E-state index in [1.807, 2.05) is 0 Å². The van der Waals surface area contributed by atoms with Gasteiger partial charge in [-0.1, -0.05) is 12.5 Å². The molecule has 0 bridgehead atoms. The standard InChI is InChI=1S/C23H33NO2/c1-22-7-5-16-15-4-3-14(24)10-17(15)13(12-25)9-18(16)21(22)19-11-20(19)23(22)6-2-8-26-23/h10,13,15-16,18-21,24-25H,2-9,11-12H2,1H3/t13?,15-,16?,18?,19?,20?,21?,22+,23+/m1/s1. The fourth-order valence-electron chi connectivity index (χ4n) is 9.05. The molecule has 1 saturated heterocycles. The average molecular weight is 356 g/mol. The van der Waals surface area contributed by atoms with E-state index in [2.05, 4.69) is 13.0 Å². The minimum absolute atomic E-state index is 0.201. The second-order valence-corrected chi connectivity index (χ2v) is 10.6. The van der Waals surface area contributed by atoms with Crippen LogP contribution >= 0.6 is 0 Å². The number of aliphatic hydroxyl groups excluding tert-OH is 1. The van der Waals surface area contributed by atoms with E-state index < -0.39 is 0 Å². The van der Waals surface area contributed by atoms with E-state index >= 15 is 0 Å². The fraction of sp³-hybridized carbons (Fsp3) is 0.870. The van der Waals surface area contributed by atoms with Gasteiger partial charge in [0.15, 0.2) is 0 Å². The molecular formula is C23H33NO2. The van der Waals surface area contributed by atoms with Gasteiger partial charge in [0.1, 0.15) is 0 Å². The highest BCUT2D eigenvalue weighted by Crippen LogP contribution is 2.78. The Morgan fingerprint density at radius 2 is 2.08 bits per heavy atom. The second kappa shape index (κ2) is 5.23. The maximum atomic E-state index is 10.2. The van der Waals surface area contributed by atoms with Crippen molar-refractivity contribution in [3.05, 3.63) is 11.6 Å². The maximum Gasteiger partial charge on any atom is 0.0770 e. The summed E-state index contributed by atoms with van der Waals surface area (Å²) in [5.41, 5.74) is 2.80. The van der Waals surface area contributed by atoms with E-state index in [4.69, 9.17) is 10.1 Å². The third-order valence-electron chi connectivity index (χ3n) is 9.92. The Labute approximate surface area is 157 Å². The molecule has 142 valence electrons. The van der Waals surface area contributed by atoms with Crippen LogP contribution in [-0.4, -0.2) is 29.6 Å². The van der Waals surface area contributed by atoms with Gasteiger partial charge in [-0.15, -0.1) is 0 Å². The lowest BCUT2D eigenvalue weighted by Gasteiger charge is -2.58. The number of nitrogens with one attached hydrogen (secondary N) is 1. The van der Waals surface area contributed by atoms with Crippen LogP contribution in [0.2, 0.25) is 0 Å². The molecule has 1 spiro atoms. The molecule has 0 aromatic rings. The summed E-state index contributed by atoms with van der Waals surface area (Å²) in [4.78, 5) is 0. The Kier molecular flexibility index (Phi) is 3.28. The van der Waals surface area contributed by atoms with Crippen LogP contribution in [0.15, 0.2) is 11.6 Å². The predicted octanol–water partition coefficient (Wildman–Crippen LogP) is 4.20. The first-order valence-electron chi connectivity index (χ1n) is 11.1. The van der Waals surface area contributed by atoms with Crippen LogP contribution in [0, 0.1) is 52.2 Å². The third-order valence-corrected chi connectivity index (χ3v) is 9.92. The largest absolute Gasteiger partial charge is 0.396 e. The van der Waals surface area contributed by atoms with Gasteiger partial charge in [0.05, 0.1) is 5.60 Å². The lowest BCUT2D eigenvalue weighted by molar-refractivity contribution is -0.150. The van der Waals surface area contributed by atoms with Gasteiger partial charge in [0.25, 0.3) is 0 Å². The van der Waals surface area contributed by atoms with Crippen molar-refractivity contribution in [1.29, 1.82) is 5.41 Å². The van der Waals surface area contributed by atoms with E-state index in [0.29, 0.717) is 17.3 Å². The first-order chi connectivity index (χ1) is 12.6. The van der Waals surface area contributed by atoms with Gasteiger partial charge in [0.2, 0.25) is 0 Å². The van der Waals surface area contributed by atoms with Gasteiger partial charge in [-0.2, -0.15) is 0 Å². The van der Waals surface area contributed by atoms with Crippen LogP contribution in [0.3, 0.4) is 0 Å². The quantitative estimate of drug-likeness (QED) is 0.740. The van der Waals surface area contributed by atoms with Gasteiger partial charge in [-0.05, 0) is 93.0 Å². The molecule has 6 rings (SSSR count). The van der Waals surface area contributed by atoms with E-state index in [9.17, 15) is 5.11 Å². The van der Waals surface area contributed by atoms with Crippen molar-refractivity contribution in [3.8, 4) is 0 Å². The first kappa shape index (κ1) is 16.3. The van der Waals surface area contributed by atoms with Crippen LogP contribution in [0.5, 0.6) is 0 Å². The summed E-state index contributed by atoms with van der Waals surface area (Å²) in [5, 5.41) is 18.3. The van der Waals surface area contributed by atoms with Gasteiger partial charge in [-0.3, -0.25) is 0 Å². The summed E-state index contributed by atoms with van der Waals surface area (Å²) in [5.74, 6) is 5.08. The lowest BCUT2D eigenvalue weighted by Crippen LogP contribution is -2.55. The first-order valence-corrected chi connectivity index (χ1v) is 11.1. The van der Waals surface area contributed by atoms with Crippen molar-refractivity contribution >= 4 is 5.71 Å². The Balaban J connectivity index is 1.39. The summed E-state index contributed by atoms with van der Waals surface area (Å²) in [7, 11) is 0. The van der Waals surface area contributed by atoms with E-state index in [0.717, 1.165) is 61.2 Å². The van der Waals surface area contributed by atoms with Gasteiger partial charge >= 0.3 is 0 Å². The molecule has 6 aliphatic rings. The van der Waals surface area contributed by atoms with Crippen LogP contribution < -0.4 is 0 Å². The van der Waals surface area contributed by atoms with Gasteiger partial charge in [0, 0.05) is 30.3 Å². The van der Waals surface area contributed by atoms with Crippen molar-refractivity contribution < 1.29 is 9.84 Å². The molecule has 5 fully saturated rings. The zero-order chi connectivity index (χ0) is 17.7. The second-order valence-electron chi connectivity index (χ2n) is 10.6. The summed E-state index contributed by atoms with van der Waals surface area (Å²) in [6.07, 6.45) is 12.1. The number of rotatable bonds is 1. The third kappa shape index (κ3) is 1.80. The predicted molar refractivity (Wildman–Crippen MR) is 101 cm³/mol. The molecule has 6 unspecified atom stereocenters.